The molecular formula is C28H35N5O4. The third-order valence-electron chi connectivity index (χ3n) is 8.92. The predicted octanol–water partition coefficient (Wildman–Crippen LogP) is 2.65. The van der Waals surface area contributed by atoms with Gasteiger partial charge < -0.3 is 25.0 Å². The lowest BCUT2D eigenvalue weighted by atomic mass is 9.52. The lowest BCUT2D eigenvalue weighted by Crippen LogP contribution is -2.61. The van der Waals surface area contributed by atoms with Crippen molar-refractivity contribution >= 4 is 23.5 Å². The fraction of sp³-hybridized carbons (Fsp3) is 0.571. The second-order valence-electron chi connectivity index (χ2n) is 11.5. The number of rotatable bonds is 5. The zero-order chi connectivity index (χ0) is 25.7. The molecule has 37 heavy (non-hydrogen) atoms. The van der Waals surface area contributed by atoms with Crippen molar-refractivity contribution in [3.63, 3.8) is 0 Å². The largest absolute Gasteiger partial charge is 0.465 e. The number of carbonyl (C=O) groups is 2. The van der Waals surface area contributed by atoms with E-state index in [-0.39, 0.29) is 18.0 Å². The van der Waals surface area contributed by atoms with Crippen molar-refractivity contribution in [1.29, 1.82) is 0 Å². The second kappa shape index (κ2) is 9.28. The fourth-order valence-corrected chi connectivity index (χ4v) is 7.47. The molecule has 9 heteroatoms. The molecule has 1 aliphatic heterocycles. The van der Waals surface area contributed by atoms with E-state index < -0.39 is 11.6 Å². The van der Waals surface area contributed by atoms with Gasteiger partial charge in [0, 0.05) is 37.9 Å². The summed E-state index contributed by atoms with van der Waals surface area (Å²) in [7, 11) is 1.36. The molecule has 0 spiro atoms. The SMILES string of the molecule is COC(=O)c1ccc(N2CCN(c3cccc(C(=O)NC4C5CC6CC4CC(O)(C6)C5)n3)C(C)C2)nc1. The minimum atomic E-state index is -0.507. The maximum absolute atomic E-state index is 13.3. The lowest BCUT2D eigenvalue weighted by molar-refractivity contribution is -0.136. The van der Waals surface area contributed by atoms with Crippen molar-refractivity contribution in [1.82, 2.24) is 15.3 Å². The van der Waals surface area contributed by atoms with Crippen LogP contribution in [0.25, 0.3) is 0 Å². The first-order valence-corrected chi connectivity index (χ1v) is 13.4. The summed E-state index contributed by atoms with van der Waals surface area (Å²) in [4.78, 5) is 38.6. The summed E-state index contributed by atoms with van der Waals surface area (Å²) in [6, 6.07) is 9.53. The first-order valence-electron chi connectivity index (χ1n) is 13.4. The number of pyridine rings is 2. The Labute approximate surface area is 217 Å². The Kier molecular flexibility index (Phi) is 6.06. The first kappa shape index (κ1) is 24.2. The maximum atomic E-state index is 13.3. The number of nitrogens with one attached hydrogen (secondary N) is 1. The number of esters is 1. The van der Waals surface area contributed by atoms with Gasteiger partial charge in [-0.15, -0.1) is 0 Å². The summed E-state index contributed by atoms with van der Waals surface area (Å²) < 4.78 is 4.75. The van der Waals surface area contributed by atoms with Crippen LogP contribution in [0.2, 0.25) is 0 Å². The third-order valence-corrected chi connectivity index (χ3v) is 8.92. The van der Waals surface area contributed by atoms with Gasteiger partial charge in [0.2, 0.25) is 0 Å². The van der Waals surface area contributed by atoms with E-state index in [2.05, 4.69) is 27.0 Å². The Morgan fingerprint density at radius 3 is 2.51 bits per heavy atom. The fourth-order valence-electron chi connectivity index (χ4n) is 7.47. The van der Waals surface area contributed by atoms with Crippen LogP contribution in [0.5, 0.6) is 0 Å². The number of aromatic nitrogens is 2. The van der Waals surface area contributed by atoms with Crippen LogP contribution >= 0.6 is 0 Å². The van der Waals surface area contributed by atoms with Crippen LogP contribution in [0.1, 0.15) is 59.9 Å². The molecule has 3 unspecified atom stereocenters. The summed E-state index contributed by atoms with van der Waals surface area (Å²) in [5, 5.41) is 14.2. The van der Waals surface area contributed by atoms with Crippen molar-refractivity contribution in [2.75, 3.05) is 36.5 Å². The standard InChI is InChI=1S/C28H35N5O4/c1-17-16-32(23-7-6-19(15-29-23)27(35)37-2)8-9-33(17)24-5-3-4-22(30-24)26(34)31-25-20-10-18-11-21(25)14-28(36,12-18)13-20/h3-7,15,17-18,20-21,25,36H,8-14,16H2,1-2H3,(H,31,34). The van der Waals surface area contributed by atoms with Crippen LogP contribution in [0, 0.1) is 17.8 Å². The van der Waals surface area contributed by atoms with Gasteiger partial charge in [0.05, 0.1) is 18.3 Å². The molecule has 2 aromatic heterocycles. The summed E-state index contributed by atoms with van der Waals surface area (Å²) in [5.41, 5.74) is 0.369. The van der Waals surface area contributed by atoms with Crippen molar-refractivity contribution < 1.29 is 19.4 Å². The molecule has 0 radical (unpaired) electrons. The van der Waals surface area contributed by atoms with Gasteiger partial charge in [0.15, 0.2) is 0 Å². The van der Waals surface area contributed by atoms with Gasteiger partial charge in [0.1, 0.15) is 17.3 Å². The normalized spacial score (nSPS) is 32.4. The van der Waals surface area contributed by atoms with Crippen LogP contribution in [0.4, 0.5) is 11.6 Å². The Balaban J connectivity index is 1.10. The number of hydrogen-bond acceptors (Lipinski definition) is 8. The van der Waals surface area contributed by atoms with E-state index in [1.165, 1.54) is 7.11 Å². The predicted molar refractivity (Wildman–Crippen MR) is 139 cm³/mol. The number of methoxy groups -OCH3 is 1. The molecular weight excluding hydrogens is 470 g/mol. The number of amides is 1. The molecule has 5 aliphatic rings. The van der Waals surface area contributed by atoms with Gasteiger partial charge >= 0.3 is 5.97 Å². The van der Waals surface area contributed by atoms with E-state index in [0.717, 1.165) is 63.4 Å². The molecule has 3 heterocycles. The Morgan fingerprint density at radius 1 is 1.08 bits per heavy atom. The van der Waals surface area contributed by atoms with Crippen molar-refractivity contribution in [3.05, 3.63) is 47.8 Å². The molecule has 1 saturated heterocycles. The molecule has 3 atom stereocenters. The third kappa shape index (κ3) is 4.54. The Morgan fingerprint density at radius 2 is 1.86 bits per heavy atom. The zero-order valence-electron chi connectivity index (χ0n) is 21.5. The van der Waals surface area contributed by atoms with Crippen LogP contribution in [-0.4, -0.2) is 71.4 Å². The number of ether oxygens (including phenoxy) is 1. The summed E-state index contributed by atoms with van der Waals surface area (Å²) in [6.07, 6.45) is 6.32. The molecule has 4 saturated carbocycles. The van der Waals surface area contributed by atoms with E-state index >= 15 is 0 Å². The highest BCUT2D eigenvalue weighted by Crippen LogP contribution is 2.55. The van der Waals surface area contributed by atoms with Gasteiger partial charge in [-0.2, -0.15) is 0 Å². The van der Waals surface area contributed by atoms with Crippen LogP contribution in [0.15, 0.2) is 36.5 Å². The van der Waals surface area contributed by atoms with E-state index in [9.17, 15) is 14.7 Å². The topological polar surface area (TPSA) is 108 Å². The van der Waals surface area contributed by atoms with E-state index in [0.29, 0.717) is 29.0 Å². The molecule has 7 rings (SSSR count). The molecule has 4 bridgehead atoms. The number of nitrogens with zero attached hydrogens (tertiary/aromatic N) is 4. The molecule has 2 N–H and O–H groups in total. The molecule has 1 amide bonds. The van der Waals surface area contributed by atoms with Gasteiger partial charge in [-0.25, -0.2) is 14.8 Å². The number of aliphatic hydroxyl groups is 1. The first-order chi connectivity index (χ1) is 17.8. The van der Waals surface area contributed by atoms with Crippen LogP contribution < -0.4 is 15.1 Å². The molecule has 4 aliphatic carbocycles. The van der Waals surface area contributed by atoms with E-state index in [4.69, 9.17) is 9.72 Å². The highest BCUT2D eigenvalue weighted by Gasteiger charge is 2.55. The summed E-state index contributed by atoms with van der Waals surface area (Å²) in [5.74, 6) is 2.45. The molecule has 5 fully saturated rings. The van der Waals surface area contributed by atoms with Gasteiger partial charge in [0.25, 0.3) is 5.91 Å². The smallest absolute Gasteiger partial charge is 0.339 e. The maximum Gasteiger partial charge on any atom is 0.339 e. The average Bonchev–Trinajstić information content (AvgIpc) is 2.89. The van der Waals surface area contributed by atoms with Gasteiger partial charge in [-0.3, -0.25) is 4.79 Å². The van der Waals surface area contributed by atoms with Crippen molar-refractivity contribution in [2.45, 2.75) is 56.7 Å². The molecule has 196 valence electrons. The Hall–Kier alpha value is -3.20. The van der Waals surface area contributed by atoms with Crippen molar-refractivity contribution in [2.24, 2.45) is 17.8 Å². The number of hydrogen-bond donors (Lipinski definition) is 2. The van der Waals surface area contributed by atoms with Crippen LogP contribution in [-0.2, 0) is 4.74 Å². The number of piperazine rings is 1. The van der Waals surface area contributed by atoms with Crippen LogP contribution in [0.3, 0.4) is 0 Å². The number of carbonyl (C=O) groups excluding carboxylic acids is 2. The summed E-state index contributed by atoms with van der Waals surface area (Å²) in [6.45, 7) is 4.38. The molecule has 2 aromatic rings. The zero-order valence-corrected chi connectivity index (χ0v) is 21.5. The lowest BCUT2D eigenvalue weighted by Gasteiger charge is -2.58. The molecule has 9 nitrogen and oxygen atoms in total. The van der Waals surface area contributed by atoms with Gasteiger partial charge in [-0.1, -0.05) is 6.07 Å². The Bertz CT molecular complexity index is 1170. The van der Waals surface area contributed by atoms with E-state index in [1.807, 2.05) is 18.2 Å². The minimum Gasteiger partial charge on any atom is -0.465 e. The van der Waals surface area contributed by atoms with Gasteiger partial charge in [-0.05, 0) is 81.0 Å². The van der Waals surface area contributed by atoms with Crippen molar-refractivity contribution in [3.8, 4) is 0 Å². The van der Waals surface area contributed by atoms with E-state index in [1.54, 1.807) is 18.3 Å². The minimum absolute atomic E-state index is 0.118. The quantitative estimate of drug-likeness (QED) is 0.598. The molecule has 0 aromatic carbocycles. The summed E-state index contributed by atoms with van der Waals surface area (Å²) >= 11 is 0. The monoisotopic (exact) mass is 505 g/mol. The number of anilines is 2. The average molecular weight is 506 g/mol. The highest BCUT2D eigenvalue weighted by molar-refractivity contribution is 5.93. The second-order valence-corrected chi connectivity index (χ2v) is 11.5. The highest BCUT2D eigenvalue weighted by atomic mass is 16.5.